The highest BCUT2D eigenvalue weighted by Crippen LogP contribution is 2.49. The van der Waals surface area contributed by atoms with Gasteiger partial charge in [-0.1, -0.05) is 42.5 Å². The number of carbonyl (C=O) groups is 3. The number of nitrogens with zero attached hydrogens (tertiary/aromatic N) is 2. The molecule has 2 aromatic carbocycles. The molecule has 0 radical (unpaired) electrons. The van der Waals surface area contributed by atoms with E-state index in [2.05, 4.69) is 5.32 Å². The van der Waals surface area contributed by atoms with Gasteiger partial charge in [0, 0.05) is 32.6 Å². The van der Waals surface area contributed by atoms with E-state index in [1.54, 1.807) is 42.7 Å². The summed E-state index contributed by atoms with van der Waals surface area (Å²) in [6.07, 6.45) is 0.631. The minimum Gasteiger partial charge on any atom is -0.444 e. The summed E-state index contributed by atoms with van der Waals surface area (Å²) in [5.74, 6) is -0.677. The predicted octanol–water partition coefficient (Wildman–Crippen LogP) is 4.10. The molecule has 2 saturated heterocycles. The Hall–Kier alpha value is -3.46. The lowest BCUT2D eigenvalue weighted by Gasteiger charge is -2.43. The van der Waals surface area contributed by atoms with E-state index in [4.69, 9.17) is 9.47 Å². The molecule has 0 saturated carbocycles. The van der Waals surface area contributed by atoms with Crippen LogP contribution in [0.5, 0.6) is 0 Å². The van der Waals surface area contributed by atoms with E-state index in [0.29, 0.717) is 25.9 Å². The van der Waals surface area contributed by atoms with Gasteiger partial charge in [-0.05, 0) is 56.9 Å². The van der Waals surface area contributed by atoms with Crippen molar-refractivity contribution in [2.75, 3.05) is 33.3 Å². The summed E-state index contributed by atoms with van der Waals surface area (Å²) in [6.45, 7) is 6.60. The topological polar surface area (TPSA) is 88.2 Å². The summed E-state index contributed by atoms with van der Waals surface area (Å²) in [5, 5.41) is 2.68. The number of likely N-dealkylation sites (tertiary alicyclic amines) is 2. The lowest BCUT2D eigenvalue weighted by Crippen LogP contribution is -2.57. The molecule has 3 amide bonds. The van der Waals surface area contributed by atoms with E-state index < -0.39 is 23.2 Å². The van der Waals surface area contributed by atoms with Gasteiger partial charge < -0.3 is 24.6 Å². The van der Waals surface area contributed by atoms with E-state index in [0.717, 1.165) is 11.1 Å². The lowest BCUT2D eigenvalue weighted by molar-refractivity contribution is -0.145. The third-order valence-electron chi connectivity index (χ3n) is 7.39. The van der Waals surface area contributed by atoms with Gasteiger partial charge in [-0.15, -0.1) is 0 Å². The molecule has 2 aliphatic rings. The van der Waals surface area contributed by atoms with Gasteiger partial charge in [0.2, 0.25) is 11.8 Å². The van der Waals surface area contributed by atoms with Crippen LogP contribution >= 0.6 is 0 Å². The van der Waals surface area contributed by atoms with E-state index >= 15 is 0 Å². The SMILES string of the molecule is CN1CC(c2ccccc2)C2(CCCN(C(=O)[C@@H](COCc3ccc(F)cc3)NC(=O)OC(C)(C)C)C2)C1=O. The zero-order valence-electron chi connectivity index (χ0n) is 23.1. The number of halogens is 1. The molecule has 4 rings (SSSR count). The Kier molecular flexibility index (Phi) is 8.59. The third-order valence-corrected chi connectivity index (χ3v) is 7.39. The van der Waals surface area contributed by atoms with E-state index in [1.807, 2.05) is 37.4 Å². The molecular formula is C30H38FN3O5. The van der Waals surface area contributed by atoms with Crippen molar-refractivity contribution >= 4 is 17.9 Å². The maximum absolute atomic E-state index is 13.9. The fourth-order valence-corrected chi connectivity index (χ4v) is 5.62. The minimum atomic E-state index is -1.01. The van der Waals surface area contributed by atoms with Crippen LogP contribution in [0.25, 0.3) is 0 Å². The van der Waals surface area contributed by atoms with Crippen LogP contribution in [0.2, 0.25) is 0 Å². The van der Waals surface area contributed by atoms with Crippen molar-refractivity contribution in [1.82, 2.24) is 15.1 Å². The zero-order chi connectivity index (χ0) is 28.2. The maximum Gasteiger partial charge on any atom is 0.408 e. The fraction of sp³-hybridized carbons (Fsp3) is 0.500. The Labute approximate surface area is 229 Å². The van der Waals surface area contributed by atoms with Crippen LogP contribution in [0.3, 0.4) is 0 Å². The smallest absolute Gasteiger partial charge is 0.408 e. The molecule has 39 heavy (non-hydrogen) atoms. The Balaban J connectivity index is 1.52. The monoisotopic (exact) mass is 539 g/mol. The fourth-order valence-electron chi connectivity index (χ4n) is 5.62. The molecular weight excluding hydrogens is 501 g/mol. The number of piperidine rings is 1. The van der Waals surface area contributed by atoms with Gasteiger partial charge >= 0.3 is 6.09 Å². The summed E-state index contributed by atoms with van der Waals surface area (Å²) in [4.78, 5) is 43.5. The second kappa shape index (κ2) is 11.7. The molecule has 210 valence electrons. The number of hydrogen-bond acceptors (Lipinski definition) is 5. The highest BCUT2D eigenvalue weighted by atomic mass is 19.1. The van der Waals surface area contributed by atoms with Crippen molar-refractivity contribution < 1.29 is 28.2 Å². The molecule has 0 aliphatic carbocycles. The standard InChI is InChI=1S/C30H38FN3O5/c1-29(2,3)39-28(37)32-25(19-38-18-21-11-13-23(31)14-12-21)26(35)34-16-8-15-30(20-34)24(17-33(4)27(30)36)22-9-6-5-7-10-22/h5-7,9-14,24-25H,8,15-20H2,1-4H3,(H,32,37)/t24?,25-,30?/m1/s1. The van der Waals surface area contributed by atoms with Crippen LogP contribution in [-0.4, -0.2) is 72.6 Å². The average molecular weight is 540 g/mol. The predicted molar refractivity (Wildman–Crippen MR) is 144 cm³/mol. The first-order valence-electron chi connectivity index (χ1n) is 13.4. The van der Waals surface area contributed by atoms with E-state index in [9.17, 15) is 18.8 Å². The van der Waals surface area contributed by atoms with Crippen molar-refractivity contribution in [3.63, 3.8) is 0 Å². The molecule has 2 aliphatic heterocycles. The van der Waals surface area contributed by atoms with Crippen molar-refractivity contribution in [1.29, 1.82) is 0 Å². The normalized spacial score (nSPS) is 22.2. The number of likely N-dealkylation sites (N-methyl/N-ethyl adjacent to an activating group) is 1. The number of nitrogens with one attached hydrogen (secondary N) is 1. The second-order valence-electron chi connectivity index (χ2n) is 11.5. The molecule has 8 nitrogen and oxygen atoms in total. The lowest BCUT2D eigenvalue weighted by atomic mass is 9.69. The zero-order valence-corrected chi connectivity index (χ0v) is 23.1. The van der Waals surface area contributed by atoms with Gasteiger partial charge in [0.25, 0.3) is 0 Å². The van der Waals surface area contributed by atoms with Gasteiger partial charge in [-0.25, -0.2) is 9.18 Å². The summed E-state index contributed by atoms with van der Waals surface area (Å²) in [5.41, 5.74) is 0.346. The van der Waals surface area contributed by atoms with Gasteiger partial charge in [-0.2, -0.15) is 0 Å². The largest absolute Gasteiger partial charge is 0.444 e. The van der Waals surface area contributed by atoms with Gasteiger partial charge in [-0.3, -0.25) is 9.59 Å². The highest BCUT2D eigenvalue weighted by molar-refractivity contribution is 5.90. The number of ether oxygens (including phenoxy) is 2. The maximum atomic E-state index is 13.9. The van der Waals surface area contributed by atoms with E-state index in [1.165, 1.54) is 12.1 Å². The van der Waals surface area contributed by atoms with Crippen LogP contribution in [0, 0.1) is 11.2 Å². The van der Waals surface area contributed by atoms with E-state index in [-0.39, 0.29) is 43.3 Å². The minimum absolute atomic E-state index is 0.0399. The van der Waals surface area contributed by atoms with Gasteiger partial charge in [0.05, 0.1) is 18.6 Å². The molecule has 0 bridgehead atoms. The Bertz CT molecular complexity index is 1170. The average Bonchev–Trinajstić information content (AvgIpc) is 3.13. The Morgan fingerprint density at radius 3 is 2.49 bits per heavy atom. The number of alkyl carbamates (subject to hydrolysis) is 1. The molecule has 1 N–H and O–H groups in total. The Morgan fingerprint density at radius 1 is 1.13 bits per heavy atom. The summed E-state index contributed by atoms with van der Waals surface area (Å²) in [6, 6.07) is 14.8. The van der Waals surface area contributed by atoms with Crippen LogP contribution in [0.15, 0.2) is 54.6 Å². The molecule has 3 atom stereocenters. The van der Waals surface area contributed by atoms with Crippen LogP contribution < -0.4 is 5.32 Å². The van der Waals surface area contributed by atoms with Crippen LogP contribution in [0.1, 0.15) is 50.7 Å². The first-order chi connectivity index (χ1) is 18.5. The molecule has 2 unspecified atom stereocenters. The highest BCUT2D eigenvalue weighted by Gasteiger charge is 2.55. The molecule has 1 spiro atoms. The van der Waals surface area contributed by atoms with Crippen LogP contribution in [-0.2, 0) is 25.7 Å². The summed E-state index contributed by atoms with van der Waals surface area (Å²) >= 11 is 0. The number of carbonyl (C=O) groups excluding carboxylic acids is 3. The van der Waals surface area contributed by atoms with Crippen molar-refractivity contribution in [3.8, 4) is 0 Å². The van der Waals surface area contributed by atoms with Crippen molar-refractivity contribution in [3.05, 3.63) is 71.5 Å². The Morgan fingerprint density at radius 2 is 1.82 bits per heavy atom. The number of amides is 3. The second-order valence-corrected chi connectivity index (χ2v) is 11.5. The molecule has 0 aromatic heterocycles. The summed E-state index contributed by atoms with van der Waals surface area (Å²) < 4.78 is 24.5. The number of hydrogen-bond donors (Lipinski definition) is 1. The molecule has 2 fully saturated rings. The van der Waals surface area contributed by atoms with Crippen LogP contribution in [0.4, 0.5) is 9.18 Å². The molecule has 2 aromatic rings. The first-order valence-corrected chi connectivity index (χ1v) is 13.4. The quantitative estimate of drug-likeness (QED) is 0.573. The number of rotatable bonds is 7. The molecule has 2 heterocycles. The van der Waals surface area contributed by atoms with Crippen molar-refractivity contribution in [2.45, 2.75) is 57.8 Å². The molecule has 9 heteroatoms. The number of benzene rings is 2. The first kappa shape index (κ1) is 28.5. The third kappa shape index (κ3) is 6.76. The van der Waals surface area contributed by atoms with Crippen molar-refractivity contribution in [2.24, 2.45) is 5.41 Å². The summed E-state index contributed by atoms with van der Waals surface area (Å²) in [7, 11) is 1.81. The van der Waals surface area contributed by atoms with Gasteiger partial charge in [0.1, 0.15) is 17.5 Å². The van der Waals surface area contributed by atoms with Gasteiger partial charge in [0.15, 0.2) is 0 Å².